The summed E-state index contributed by atoms with van der Waals surface area (Å²) in [6, 6.07) is 1.84. The Hall–Kier alpha value is -1.83. The number of methoxy groups -OCH3 is 1. The van der Waals surface area contributed by atoms with Crippen molar-refractivity contribution >= 4 is 23.4 Å². The Kier molecular flexibility index (Phi) is 4.49. The number of nitro groups is 1. The van der Waals surface area contributed by atoms with E-state index in [-0.39, 0.29) is 10.6 Å². The molecule has 18 heavy (non-hydrogen) atoms. The molecule has 6 nitrogen and oxygen atoms in total. The van der Waals surface area contributed by atoms with E-state index in [2.05, 4.69) is 0 Å². The molecule has 0 radical (unpaired) electrons. The number of ether oxygens (including phenoxy) is 1. The van der Waals surface area contributed by atoms with E-state index in [1.54, 1.807) is 0 Å². The highest BCUT2D eigenvalue weighted by atomic mass is 32.2. The number of nitrogens with zero attached hydrogens (tertiary/aromatic N) is 1. The minimum Gasteiger partial charge on any atom is -0.494 e. The summed E-state index contributed by atoms with van der Waals surface area (Å²) in [7, 11) is 1.22. The van der Waals surface area contributed by atoms with Gasteiger partial charge in [-0.2, -0.15) is 0 Å². The predicted octanol–water partition coefficient (Wildman–Crippen LogP) is 2.31. The molecule has 0 aliphatic rings. The normalized spacial score (nSPS) is 11.9. The van der Waals surface area contributed by atoms with Crippen molar-refractivity contribution in [2.24, 2.45) is 0 Å². The van der Waals surface area contributed by atoms with Crippen LogP contribution in [0.5, 0.6) is 5.75 Å². The van der Waals surface area contributed by atoms with Crippen LogP contribution in [-0.4, -0.2) is 28.4 Å². The summed E-state index contributed by atoms with van der Waals surface area (Å²) >= 11 is 0.757. The van der Waals surface area contributed by atoms with Gasteiger partial charge in [0.2, 0.25) is 0 Å². The molecule has 0 aliphatic heterocycles. The first-order chi connectivity index (χ1) is 8.36. The van der Waals surface area contributed by atoms with Crippen molar-refractivity contribution in [3.8, 4) is 5.75 Å². The topological polar surface area (TPSA) is 89.7 Å². The molecule has 0 heterocycles. The van der Waals surface area contributed by atoms with E-state index in [9.17, 15) is 19.3 Å². The summed E-state index contributed by atoms with van der Waals surface area (Å²) in [6.07, 6.45) is 0. The second-order valence-electron chi connectivity index (χ2n) is 3.31. The van der Waals surface area contributed by atoms with Gasteiger partial charge in [-0.25, -0.2) is 4.39 Å². The maximum Gasteiger partial charge on any atom is 0.316 e. The molecule has 1 aromatic carbocycles. The number of carboxylic acid groups (broad SMARTS) is 1. The minimum atomic E-state index is -1.11. The van der Waals surface area contributed by atoms with E-state index >= 15 is 0 Å². The van der Waals surface area contributed by atoms with Gasteiger partial charge < -0.3 is 9.84 Å². The van der Waals surface area contributed by atoms with E-state index in [1.165, 1.54) is 14.0 Å². The second kappa shape index (κ2) is 5.67. The van der Waals surface area contributed by atoms with Crippen LogP contribution in [0.4, 0.5) is 10.1 Å². The number of hydrogen-bond donors (Lipinski definition) is 1. The maximum atomic E-state index is 13.3. The lowest BCUT2D eigenvalue weighted by Crippen LogP contribution is -2.11. The van der Waals surface area contributed by atoms with E-state index in [1.807, 2.05) is 0 Å². The highest BCUT2D eigenvalue weighted by molar-refractivity contribution is 8.00. The first-order valence-electron chi connectivity index (χ1n) is 4.78. The highest BCUT2D eigenvalue weighted by Gasteiger charge is 2.23. The van der Waals surface area contributed by atoms with Crippen molar-refractivity contribution in [1.82, 2.24) is 0 Å². The van der Waals surface area contributed by atoms with Gasteiger partial charge >= 0.3 is 5.97 Å². The zero-order valence-electron chi connectivity index (χ0n) is 9.55. The SMILES string of the molecule is COc1cc(SC(C)C(=O)O)c([N+](=O)[O-])cc1F. The molecule has 1 N–H and O–H groups in total. The lowest BCUT2D eigenvalue weighted by molar-refractivity contribution is -0.387. The van der Waals surface area contributed by atoms with Crippen molar-refractivity contribution in [3.05, 3.63) is 28.1 Å². The van der Waals surface area contributed by atoms with Crippen LogP contribution < -0.4 is 4.74 Å². The Morgan fingerprint density at radius 1 is 1.61 bits per heavy atom. The monoisotopic (exact) mass is 275 g/mol. The zero-order chi connectivity index (χ0) is 13.9. The lowest BCUT2D eigenvalue weighted by atomic mass is 10.3. The number of halogens is 1. The number of rotatable bonds is 5. The first-order valence-corrected chi connectivity index (χ1v) is 5.66. The van der Waals surface area contributed by atoms with E-state index in [4.69, 9.17) is 9.84 Å². The van der Waals surface area contributed by atoms with E-state index in [0.29, 0.717) is 0 Å². The number of aliphatic carboxylic acids is 1. The van der Waals surface area contributed by atoms with Gasteiger partial charge in [-0.3, -0.25) is 14.9 Å². The van der Waals surface area contributed by atoms with Crippen molar-refractivity contribution in [2.45, 2.75) is 17.1 Å². The summed E-state index contributed by atoms with van der Waals surface area (Å²) in [5.41, 5.74) is -0.480. The average molecular weight is 275 g/mol. The van der Waals surface area contributed by atoms with Crippen molar-refractivity contribution in [3.63, 3.8) is 0 Å². The largest absolute Gasteiger partial charge is 0.494 e. The lowest BCUT2D eigenvalue weighted by Gasteiger charge is -2.09. The molecule has 0 aliphatic carbocycles. The molecule has 98 valence electrons. The maximum absolute atomic E-state index is 13.3. The average Bonchev–Trinajstić information content (AvgIpc) is 2.30. The molecule has 0 aromatic heterocycles. The van der Waals surface area contributed by atoms with Gasteiger partial charge in [-0.1, -0.05) is 0 Å². The Balaban J connectivity index is 3.22. The number of benzene rings is 1. The molecule has 0 saturated carbocycles. The van der Waals surface area contributed by atoms with Crippen LogP contribution in [-0.2, 0) is 4.79 Å². The summed E-state index contributed by atoms with van der Waals surface area (Å²) in [6.45, 7) is 1.38. The van der Waals surface area contributed by atoms with Gasteiger partial charge in [0.15, 0.2) is 11.6 Å². The number of carbonyl (C=O) groups is 1. The molecular formula is C10H10FNO5S. The fourth-order valence-electron chi connectivity index (χ4n) is 1.16. The van der Waals surface area contributed by atoms with Gasteiger partial charge in [-0.15, -0.1) is 11.8 Å². The molecule has 1 unspecified atom stereocenters. The van der Waals surface area contributed by atoms with Crippen LogP contribution in [0.25, 0.3) is 0 Å². The molecule has 0 saturated heterocycles. The zero-order valence-corrected chi connectivity index (χ0v) is 10.4. The molecule has 0 fully saturated rings. The molecule has 8 heteroatoms. The Morgan fingerprint density at radius 3 is 2.67 bits per heavy atom. The number of nitro benzene ring substituents is 1. The van der Waals surface area contributed by atoms with Gasteiger partial charge in [0.25, 0.3) is 5.69 Å². The third-order valence-electron chi connectivity index (χ3n) is 2.08. The molecule has 0 bridgehead atoms. The van der Waals surface area contributed by atoms with Crippen LogP contribution in [0, 0.1) is 15.9 Å². The van der Waals surface area contributed by atoms with Gasteiger partial charge in [0, 0.05) is 6.07 Å². The summed E-state index contributed by atoms with van der Waals surface area (Å²) in [5, 5.41) is 18.6. The standard InChI is InChI=1S/C10H10FNO5S/c1-5(10(13)14)18-9-4-8(17-2)6(11)3-7(9)12(15)16/h3-5H,1-2H3,(H,13,14). The predicted molar refractivity (Wildman–Crippen MR) is 62.6 cm³/mol. The van der Waals surface area contributed by atoms with Crippen LogP contribution in [0.3, 0.4) is 0 Å². The second-order valence-corrected chi connectivity index (χ2v) is 4.69. The molecule has 1 aromatic rings. The Bertz CT molecular complexity index is 493. The van der Waals surface area contributed by atoms with Gasteiger partial charge in [0.1, 0.15) is 5.25 Å². The van der Waals surface area contributed by atoms with Crippen molar-refractivity contribution in [1.29, 1.82) is 0 Å². The van der Waals surface area contributed by atoms with Crippen LogP contribution in [0.1, 0.15) is 6.92 Å². The molecule has 0 spiro atoms. The molecule has 0 amide bonds. The smallest absolute Gasteiger partial charge is 0.316 e. The summed E-state index contributed by atoms with van der Waals surface area (Å²) in [4.78, 5) is 20.8. The molecule has 1 rings (SSSR count). The van der Waals surface area contributed by atoms with Crippen LogP contribution >= 0.6 is 11.8 Å². The fourth-order valence-corrected chi connectivity index (χ4v) is 2.07. The third kappa shape index (κ3) is 3.10. The minimum absolute atomic E-state index is 0.0492. The molecule has 1 atom stereocenters. The number of hydrogen-bond acceptors (Lipinski definition) is 5. The third-order valence-corrected chi connectivity index (χ3v) is 3.22. The molecular weight excluding hydrogens is 265 g/mol. The number of carboxylic acids is 1. The Labute approximate surface area is 106 Å². The number of thioether (sulfide) groups is 1. The fraction of sp³-hybridized carbons (Fsp3) is 0.300. The van der Waals surface area contributed by atoms with Crippen LogP contribution in [0.2, 0.25) is 0 Å². The van der Waals surface area contributed by atoms with Gasteiger partial charge in [0.05, 0.1) is 23.0 Å². The highest BCUT2D eigenvalue weighted by Crippen LogP contribution is 2.36. The van der Waals surface area contributed by atoms with Crippen molar-refractivity contribution in [2.75, 3.05) is 7.11 Å². The summed E-state index contributed by atoms with van der Waals surface area (Å²) in [5.74, 6) is -2.14. The van der Waals surface area contributed by atoms with Crippen molar-refractivity contribution < 1.29 is 24.0 Å². The summed E-state index contributed by atoms with van der Waals surface area (Å²) < 4.78 is 18.0. The van der Waals surface area contributed by atoms with E-state index in [0.717, 1.165) is 23.9 Å². The van der Waals surface area contributed by atoms with Crippen LogP contribution in [0.15, 0.2) is 17.0 Å². The van der Waals surface area contributed by atoms with Gasteiger partial charge in [-0.05, 0) is 6.92 Å². The van der Waals surface area contributed by atoms with E-state index < -0.39 is 27.6 Å². The first kappa shape index (κ1) is 14.2. The Morgan fingerprint density at radius 2 is 2.22 bits per heavy atom. The quantitative estimate of drug-likeness (QED) is 0.504.